The van der Waals surface area contributed by atoms with Crippen LogP contribution in [0.15, 0.2) is 84.9 Å². The fraction of sp³-hybridized carbons (Fsp3) is 0.219. The summed E-state index contributed by atoms with van der Waals surface area (Å²) < 4.78 is 40.0. The number of nitrogens with one attached hydrogen (secondary N) is 2. The summed E-state index contributed by atoms with van der Waals surface area (Å²) in [5.41, 5.74) is 5.44. The summed E-state index contributed by atoms with van der Waals surface area (Å²) >= 11 is 0. The fourth-order valence-corrected chi connectivity index (χ4v) is 4.20. The number of halogens is 2. The zero-order valence-electron chi connectivity index (χ0n) is 22.1. The van der Waals surface area contributed by atoms with E-state index in [1.807, 2.05) is 42.5 Å². The highest BCUT2D eigenvalue weighted by molar-refractivity contribution is 5.72. The summed E-state index contributed by atoms with van der Waals surface area (Å²) in [5, 5.41) is 5.99. The summed E-state index contributed by atoms with van der Waals surface area (Å²) in [6, 6.07) is 25.9. The predicted octanol–water partition coefficient (Wildman–Crippen LogP) is 6.32. The summed E-state index contributed by atoms with van der Waals surface area (Å²) in [7, 11) is 0. The van der Waals surface area contributed by atoms with Crippen molar-refractivity contribution in [1.82, 2.24) is 10.6 Å². The van der Waals surface area contributed by atoms with Gasteiger partial charge >= 0.3 is 0 Å². The Hall–Kier alpha value is -4.23. The van der Waals surface area contributed by atoms with E-state index in [2.05, 4.69) is 35.8 Å². The summed E-state index contributed by atoms with van der Waals surface area (Å²) in [5.74, 6) is -0.840. The van der Waals surface area contributed by atoms with Crippen molar-refractivity contribution >= 4 is 5.91 Å². The van der Waals surface area contributed by atoms with Crippen LogP contribution in [-0.4, -0.2) is 19.0 Å². The highest BCUT2D eigenvalue weighted by Gasteiger charge is 2.12. The topological polar surface area (TPSA) is 59.6 Å². The summed E-state index contributed by atoms with van der Waals surface area (Å²) in [4.78, 5) is 11.1. The SMILES string of the molecule is CC(=O)NCCNCc1ccc(OCc2cccc(-c3ccccc3)c2C)cc1OCc1cccc(F)c1F. The number of hydrogen-bond acceptors (Lipinski definition) is 4. The number of hydrogen-bond donors (Lipinski definition) is 2. The van der Waals surface area contributed by atoms with E-state index in [-0.39, 0.29) is 18.1 Å². The van der Waals surface area contributed by atoms with Crippen molar-refractivity contribution in [2.45, 2.75) is 33.6 Å². The molecule has 0 atom stereocenters. The molecular formula is C32H32F2N2O3. The van der Waals surface area contributed by atoms with E-state index in [0.717, 1.165) is 33.9 Å². The van der Waals surface area contributed by atoms with Crippen LogP contribution in [0.25, 0.3) is 11.1 Å². The lowest BCUT2D eigenvalue weighted by Gasteiger charge is -2.16. The van der Waals surface area contributed by atoms with Crippen molar-refractivity contribution < 1.29 is 23.0 Å². The largest absolute Gasteiger partial charge is 0.489 e. The molecule has 0 saturated carbocycles. The Bertz CT molecular complexity index is 1410. The van der Waals surface area contributed by atoms with Crippen LogP contribution < -0.4 is 20.1 Å². The molecule has 0 heterocycles. The van der Waals surface area contributed by atoms with Gasteiger partial charge in [0.1, 0.15) is 24.7 Å². The van der Waals surface area contributed by atoms with E-state index in [9.17, 15) is 13.6 Å². The maximum absolute atomic E-state index is 14.2. The standard InChI is InChI=1S/C32H32F2N2O3/c1-22-26(10-6-12-29(22)24-8-4-3-5-9-24)20-38-28-15-14-25(19-35-16-17-36-23(2)37)31(18-28)39-21-27-11-7-13-30(33)32(27)34/h3-15,18,35H,16-17,19-21H2,1-2H3,(H,36,37). The third-order valence-corrected chi connectivity index (χ3v) is 6.37. The van der Waals surface area contributed by atoms with Crippen molar-refractivity contribution in [1.29, 1.82) is 0 Å². The first kappa shape index (κ1) is 27.8. The lowest BCUT2D eigenvalue weighted by molar-refractivity contribution is -0.118. The Kier molecular flexibility index (Phi) is 9.64. The molecule has 0 fully saturated rings. The molecule has 0 unspecified atom stereocenters. The molecule has 4 rings (SSSR count). The van der Waals surface area contributed by atoms with E-state index in [1.54, 1.807) is 6.07 Å². The van der Waals surface area contributed by atoms with Gasteiger partial charge in [-0.25, -0.2) is 8.78 Å². The minimum Gasteiger partial charge on any atom is -0.489 e. The molecule has 0 bridgehead atoms. The molecule has 5 nitrogen and oxygen atoms in total. The van der Waals surface area contributed by atoms with E-state index >= 15 is 0 Å². The second kappa shape index (κ2) is 13.5. The molecule has 1 amide bonds. The first-order valence-corrected chi connectivity index (χ1v) is 12.8. The van der Waals surface area contributed by atoms with Crippen LogP contribution in [-0.2, 0) is 24.6 Å². The summed E-state index contributed by atoms with van der Waals surface area (Å²) in [6.07, 6.45) is 0. The Morgan fingerprint density at radius 3 is 2.33 bits per heavy atom. The number of amides is 1. The molecule has 4 aromatic rings. The van der Waals surface area contributed by atoms with Crippen molar-refractivity contribution in [3.63, 3.8) is 0 Å². The van der Waals surface area contributed by atoms with Gasteiger partial charge in [-0.15, -0.1) is 0 Å². The number of ether oxygens (including phenoxy) is 2. The first-order valence-electron chi connectivity index (χ1n) is 12.8. The average Bonchev–Trinajstić information content (AvgIpc) is 2.94. The lowest BCUT2D eigenvalue weighted by atomic mass is 9.97. The highest BCUT2D eigenvalue weighted by atomic mass is 19.2. The van der Waals surface area contributed by atoms with Gasteiger partial charge in [0.15, 0.2) is 11.6 Å². The number of carbonyl (C=O) groups is 1. The van der Waals surface area contributed by atoms with Gasteiger partial charge in [-0.3, -0.25) is 4.79 Å². The van der Waals surface area contributed by atoms with Crippen molar-refractivity contribution in [3.8, 4) is 22.6 Å². The molecule has 7 heteroatoms. The van der Waals surface area contributed by atoms with E-state index in [0.29, 0.717) is 37.7 Å². The third kappa shape index (κ3) is 7.65. The van der Waals surface area contributed by atoms with Gasteiger partial charge < -0.3 is 20.1 Å². The number of carbonyl (C=O) groups excluding carboxylic acids is 1. The van der Waals surface area contributed by atoms with E-state index < -0.39 is 11.6 Å². The minimum absolute atomic E-state index is 0.0935. The summed E-state index contributed by atoms with van der Waals surface area (Å²) in [6.45, 7) is 5.28. The van der Waals surface area contributed by atoms with Crippen LogP contribution in [0.5, 0.6) is 11.5 Å². The molecule has 0 radical (unpaired) electrons. The molecule has 4 aromatic carbocycles. The zero-order chi connectivity index (χ0) is 27.6. The van der Waals surface area contributed by atoms with Crippen LogP contribution >= 0.6 is 0 Å². The second-order valence-corrected chi connectivity index (χ2v) is 9.18. The molecule has 0 spiro atoms. The highest BCUT2D eigenvalue weighted by Crippen LogP contribution is 2.29. The molecule has 0 aromatic heterocycles. The van der Waals surface area contributed by atoms with Crippen LogP contribution in [0, 0.1) is 18.6 Å². The normalized spacial score (nSPS) is 10.8. The van der Waals surface area contributed by atoms with Gasteiger partial charge in [-0.2, -0.15) is 0 Å². The maximum Gasteiger partial charge on any atom is 0.216 e. The Balaban J connectivity index is 1.49. The number of benzene rings is 4. The van der Waals surface area contributed by atoms with Crippen molar-refractivity contribution in [3.05, 3.63) is 119 Å². The smallest absolute Gasteiger partial charge is 0.216 e. The Morgan fingerprint density at radius 2 is 1.54 bits per heavy atom. The van der Waals surface area contributed by atoms with E-state index in [4.69, 9.17) is 9.47 Å². The minimum atomic E-state index is -0.923. The predicted molar refractivity (Wildman–Crippen MR) is 148 cm³/mol. The van der Waals surface area contributed by atoms with Gasteiger partial charge in [0, 0.05) is 43.8 Å². The second-order valence-electron chi connectivity index (χ2n) is 9.18. The van der Waals surface area contributed by atoms with Crippen LogP contribution in [0.4, 0.5) is 8.78 Å². The quantitative estimate of drug-likeness (QED) is 0.210. The Labute approximate surface area is 227 Å². The molecule has 0 saturated heterocycles. The van der Waals surface area contributed by atoms with Gasteiger partial charge in [0.05, 0.1) is 0 Å². The zero-order valence-corrected chi connectivity index (χ0v) is 22.1. The number of rotatable bonds is 12. The molecule has 0 aliphatic rings. The van der Waals surface area contributed by atoms with Gasteiger partial charge in [-0.1, -0.05) is 66.7 Å². The molecule has 39 heavy (non-hydrogen) atoms. The maximum atomic E-state index is 14.2. The molecule has 0 aliphatic carbocycles. The molecule has 2 N–H and O–H groups in total. The van der Waals surface area contributed by atoms with Crippen molar-refractivity contribution in [2.75, 3.05) is 13.1 Å². The fourth-order valence-electron chi connectivity index (χ4n) is 4.20. The van der Waals surface area contributed by atoms with Crippen LogP contribution in [0.2, 0.25) is 0 Å². The van der Waals surface area contributed by atoms with Gasteiger partial charge in [0.2, 0.25) is 5.91 Å². The first-order chi connectivity index (χ1) is 18.9. The molecular weight excluding hydrogens is 498 g/mol. The monoisotopic (exact) mass is 530 g/mol. The third-order valence-electron chi connectivity index (χ3n) is 6.37. The van der Waals surface area contributed by atoms with Gasteiger partial charge in [-0.05, 0) is 41.3 Å². The lowest BCUT2D eigenvalue weighted by Crippen LogP contribution is -2.30. The molecule has 202 valence electrons. The Morgan fingerprint density at radius 1 is 0.795 bits per heavy atom. The van der Waals surface area contributed by atoms with E-state index in [1.165, 1.54) is 19.1 Å². The van der Waals surface area contributed by atoms with Crippen molar-refractivity contribution in [2.24, 2.45) is 0 Å². The van der Waals surface area contributed by atoms with Crippen LogP contribution in [0.3, 0.4) is 0 Å². The van der Waals surface area contributed by atoms with Crippen LogP contribution in [0.1, 0.15) is 29.2 Å². The molecule has 0 aliphatic heterocycles. The van der Waals surface area contributed by atoms with Gasteiger partial charge in [0.25, 0.3) is 0 Å². The average molecular weight is 531 g/mol.